The fraction of sp³-hybridized carbons (Fsp3) is 0.278. The van der Waals surface area contributed by atoms with Gasteiger partial charge in [-0.25, -0.2) is 12.8 Å². The van der Waals surface area contributed by atoms with Crippen molar-refractivity contribution >= 4 is 27.5 Å². The maximum Gasteiger partial charge on any atom is 0.244 e. The average molecular weight is 397 g/mol. The topological polar surface area (TPSA) is 57.7 Å². The molecule has 8 heteroatoms. The van der Waals surface area contributed by atoms with E-state index in [0.29, 0.717) is 5.56 Å². The summed E-state index contributed by atoms with van der Waals surface area (Å²) in [5.41, 5.74) is 0.337. The third kappa shape index (κ3) is 3.90. The number of hydrogen-bond donors (Lipinski definition) is 0. The van der Waals surface area contributed by atoms with Crippen LogP contribution in [0, 0.1) is 5.82 Å². The predicted octanol–water partition coefficient (Wildman–Crippen LogP) is 2.55. The van der Waals surface area contributed by atoms with E-state index in [9.17, 15) is 17.6 Å². The molecule has 26 heavy (non-hydrogen) atoms. The average Bonchev–Trinajstić information content (AvgIpc) is 2.64. The number of carbonyl (C=O) groups is 1. The van der Waals surface area contributed by atoms with Crippen LogP contribution in [0.4, 0.5) is 4.39 Å². The molecule has 0 radical (unpaired) electrons. The molecular formula is C18H18ClFN2O3S. The Balaban J connectivity index is 1.65. The minimum atomic E-state index is -3.70. The molecule has 5 nitrogen and oxygen atoms in total. The summed E-state index contributed by atoms with van der Waals surface area (Å²) in [6.07, 6.45) is -0.0378. The highest BCUT2D eigenvalue weighted by Gasteiger charge is 2.31. The van der Waals surface area contributed by atoms with Crippen LogP contribution in [-0.4, -0.2) is 49.7 Å². The van der Waals surface area contributed by atoms with Crippen molar-refractivity contribution in [3.63, 3.8) is 0 Å². The summed E-state index contributed by atoms with van der Waals surface area (Å²) < 4.78 is 40.4. The molecule has 0 atom stereocenters. The number of hydrogen-bond acceptors (Lipinski definition) is 3. The lowest BCUT2D eigenvalue weighted by molar-refractivity contribution is -0.131. The van der Waals surface area contributed by atoms with Crippen LogP contribution < -0.4 is 0 Å². The van der Waals surface area contributed by atoms with Gasteiger partial charge in [-0.05, 0) is 23.8 Å². The second-order valence-electron chi connectivity index (χ2n) is 5.98. The molecule has 0 unspecified atom stereocenters. The van der Waals surface area contributed by atoms with E-state index in [4.69, 9.17) is 11.6 Å². The molecule has 1 aliphatic rings. The van der Waals surface area contributed by atoms with E-state index in [1.165, 1.54) is 22.5 Å². The quantitative estimate of drug-likeness (QED) is 0.798. The molecule has 2 aromatic carbocycles. The molecule has 0 aliphatic carbocycles. The van der Waals surface area contributed by atoms with E-state index in [-0.39, 0.29) is 48.4 Å². The molecule has 138 valence electrons. The lowest BCUT2D eigenvalue weighted by Crippen LogP contribution is -2.50. The zero-order valence-electron chi connectivity index (χ0n) is 13.9. The van der Waals surface area contributed by atoms with E-state index >= 15 is 0 Å². The van der Waals surface area contributed by atoms with Crippen molar-refractivity contribution in [3.8, 4) is 0 Å². The molecule has 1 saturated heterocycles. The van der Waals surface area contributed by atoms with Crippen molar-refractivity contribution in [2.75, 3.05) is 26.2 Å². The molecule has 1 fully saturated rings. The van der Waals surface area contributed by atoms with Crippen molar-refractivity contribution in [1.29, 1.82) is 0 Å². The summed E-state index contributed by atoms with van der Waals surface area (Å²) in [6.45, 7) is 0.876. The predicted molar refractivity (Wildman–Crippen MR) is 96.9 cm³/mol. The first-order valence-corrected chi connectivity index (χ1v) is 9.97. The highest BCUT2D eigenvalue weighted by atomic mass is 35.5. The first-order chi connectivity index (χ1) is 12.4. The molecule has 0 N–H and O–H groups in total. The van der Waals surface area contributed by atoms with Crippen LogP contribution in [0.25, 0.3) is 0 Å². The lowest BCUT2D eigenvalue weighted by Gasteiger charge is -2.34. The van der Waals surface area contributed by atoms with E-state index in [1.807, 2.05) is 0 Å². The summed E-state index contributed by atoms with van der Waals surface area (Å²) in [4.78, 5) is 14.0. The molecule has 2 aromatic rings. The molecule has 1 heterocycles. The zero-order valence-corrected chi connectivity index (χ0v) is 15.5. The molecule has 0 bridgehead atoms. The molecule has 1 aliphatic heterocycles. The summed E-state index contributed by atoms with van der Waals surface area (Å²) in [5, 5.41) is 0.172. The first kappa shape index (κ1) is 18.8. The van der Waals surface area contributed by atoms with Gasteiger partial charge in [0.1, 0.15) is 10.7 Å². The number of nitrogens with zero attached hydrogens (tertiary/aromatic N) is 2. The number of benzene rings is 2. The Morgan fingerprint density at radius 2 is 1.62 bits per heavy atom. The van der Waals surface area contributed by atoms with Crippen LogP contribution in [0.2, 0.25) is 5.02 Å². The van der Waals surface area contributed by atoms with Crippen LogP contribution in [-0.2, 0) is 21.2 Å². The standard InChI is InChI=1S/C18H18ClFN2O3S/c19-15-6-2-4-8-17(15)26(24,25)22-11-9-21(10-12-22)18(23)13-14-5-1-3-7-16(14)20/h1-8H,9-13H2. The Bertz CT molecular complexity index is 912. The van der Waals surface area contributed by atoms with E-state index in [2.05, 4.69) is 0 Å². The monoisotopic (exact) mass is 396 g/mol. The second-order valence-corrected chi connectivity index (χ2v) is 8.30. The third-order valence-electron chi connectivity index (χ3n) is 4.35. The molecule has 1 amide bonds. The van der Waals surface area contributed by atoms with Gasteiger partial charge in [0.15, 0.2) is 0 Å². The maximum atomic E-state index is 13.7. The molecule has 3 rings (SSSR count). The maximum absolute atomic E-state index is 13.7. The van der Waals surface area contributed by atoms with Gasteiger partial charge in [0.2, 0.25) is 15.9 Å². The highest BCUT2D eigenvalue weighted by molar-refractivity contribution is 7.89. The van der Waals surface area contributed by atoms with Gasteiger partial charge in [-0.2, -0.15) is 4.31 Å². The number of amides is 1. The van der Waals surface area contributed by atoms with Crippen molar-refractivity contribution in [3.05, 3.63) is 64.9 Å². The summed E-state index contributed by atoms with van der Waals surface area (Å²) in [5.74, 6) is -0.634. The minimum absolute atomic E-state index is 0.0378. The Hall–Kier alpha value is -1.96. The Morgan fingerprint density at radius 3 is 2.27 bits per heavy atom. The third-order valence-corrected chi connectivity index (χ3v) is 6.74. The Labute approximate surface area is 157 Å². The summed E-state index contributed by atoms with van der Waals surface area (Å²) in [6, 6.07) is 12.4. The molecule has 0 aromatic heterocycles. The van der Waals surface area contributed by atoms with Gasteiger partial charge >= 0.3 is 0 Å². The van der Waals surface area contributed by atoms with E-state index < -0.39 is 15.8 Å². The van der Waals surface area contributed by atoms with E-state index in [0.717, 1.165) is 0 Å². The van der Waals surface area contributed by atoms with E-state index in [1.54, 1.807) is 35.2 Å². The number of sulfonamides is 1. The van der Waals surface area contributed by atoms with Crippen LogP contribution in [0.5, 0.6) is 0 Å². The number of halogens is 2. The fourth-order valence-corrected chi connectivity index (χ4v) is 4.80. The van der Waals surface area contributed by atoms with Gasteiger partial charge in [0.05, 0.1) is 11.4 Å². The first-order valence-electron chi connectivity index (χ1n) is 8.15. The second kappa shape index (κ2) is 7.73. The van der Waals surface area contributed by atoms with Gasteiger partial charge in [-0.3, -0.25) is 4.79 Å². The minimum Gasteiger partial charge on any atom is -0.340 e. The number of carbonyl (C=O) groups excluding carboxylic acids is 1. The van der Waals surface area contributed by atoms with Crippen molar-refractivity contribution in [1.82, 2.24) is 9.21 Å². The SMILES string of the molecule is O=C(Cc1ccccc1F)N1CCN(S(=O)(=O)c2ccccc2Cl)CC1. The zero-order chi connectivity index (χ0) is 18.7. The summed E-state index contributed by atoms with van der Waals surface area (Å²) in [7, 11) is -3.70. The molecule has 0 saturated carbocycles. The molecular weight excluding hydrogens is 379 g/mol. The van der Waals surface area contributed by atoms with Gasteiger partial charge < -0.3 is 4.90 Å². The number of piperazine rings is 1. The number of rotatable bonds is 4. The van der Waals surface area contributed by atoms with Gasteiger partial charge in [0.25, 0.3) is 0 Å². The normalized spacial score (nSPS) is 15.8. The van der Waals surface area contributed by atoms with Gasteiger partial charge in [-0.1, -0.05) is 41.9 Å². The van der Waals surface area contributed by atoms with Crippen molar-refractivity contribution in [2.45, 2.75) is 11.3 Å². The van der Waals surface area contributed by atoms with Crippen molar-refractivity contribution in [2.24, 2.45) is 0 Å². The fourth-order valence-electron chi connectivity index (χ4n) is 2.89. The summed E-state index contributed by atoms with van der Waals surface area (Å²) >= 11 is 6.01. The van der Waals surface area contributed by atoms with Crippen LogP contribution in [0.1, 0.15) is 5.56 Å². The van der Waals surface area contributed by atoms with Crippen molar-refractivity contribution < 1.29 is 17.6 Å². The smallest absolute Gasteiger partial charge is 0.244 e. The molecule has 0 spiro atoms. The largest absolute Gasteiger partial charge is 0.340 e. The van der Waals surface area contributed by atoms with Gasteiger partial charge in [-0.15, -0.1) is 0 Å². The Morgan fingerprint density at radius 1 is 1.00 bits per heavy atom. The lowest BCUT2D eigenvalue weighted by atomic mass is 10.1. The highest BCUT2D eigenvalue weighted by Crippen LogP contribution is 2.25. The van der Waals surface area contributed by atoms with Crippen LogP contribution in [0.3, 0.4) is 0 Å². The Kier molecular flexibility index (Phi) is 5.60. The van der Waals surface area contributed by atoms with Crippen LogP contribution in [0.15, 0.2) is 53.4 Å². The van der Waals surface area contributed by atoms with Crippen LogP contribution >= 0.6 is 11.6 Å². The van der Waals surface area contributed by atoms with Gasteiger partial charge in [0, 0.05) is 26.2 Å².